The molecule has 0 aromatic carbocycles. The topological polar surface area (TPSA) is 152 Å². The molecule has 2 saturated carbocycles. The molecule has 2 amide bonds. The van der Waals surface area contributed by atoms with Crippen LogP contribution in [0.1, 0.15) is 64.2 Å². The van der Waals surface area contributed by atoms with Gasteiger partial charge in [0.05, 0.1) is 0 Å². The van der Waals surface area contributed by atoms with Crippen LogP contribution in [0.4, 0.5) is 4.79 Å². The normalized spacial score (nSPS) is 29.6. The van der Waals surface area contributed by atoms with E-state index >= 15 is 0 Å². The zero-order chi connectivity index (χ0) is 28.0. The Bertz CT molecular complexity index is 991. The van der Waals surface area contributed by atoms with Crippen molar-refractivity contribution < 1.29 is 24.2 Å². The fraction of sp³-hybridized carbons (Fsp3) is 0.833. The number of aryl methyl sites for hydroxylation is 1. The van der Waals surface area contributed by atoms with Crippen molar-refractivity contribution in [3.63, 3.8) is 0 Å². The number of halogens is 1. The van der Waals surface area contributed by atoms with Crippen molar-refractivity contribution >= 4 is 56.1 Å². The number of fused-ring (bicyclic) bond motifs is 1. The summed E-state index contributed by atoms with van der Waals surface area (Å²) < 4.78 is 6.76. The number of carbonyl (C=O) groups is 3. The first kappa shape index (κ1) is 30.5. The van der Waals surface area contributed by atoms with Crippen LogP contribution in [0.15, 0.2) is 5.16 Å². The second-order valence-electron chi connectivity index (χ2n) is 10.5. The summed E-state index contributed by atoms with van der Waals surface area (Å²) in [7, 11) is 3.00. The number of carbonyl (C=O) groups excluding carboxylic acids is 2. The summed E-state index contributed by atoms with van der Waals surface area (Å²) in [6.45, 7) is 0. The van der Waals surface area contributed by atoms with Gasteiger partial charge in [-0.05, 0) is 36.1 Å². The maximum Gasteiger partial charge on any atom is 0.326 e. The Morgan fingerprint density at radius 3 is 2.26 bits per heavy atom. The molecular formula is C24H38BrN7O5S2. The van der Waals surface area contributed by atoms with E-state index in [1.807, 2.05) is 0 Å². The van der Waals surface area contributed by atoms with Crippen LogP contribution in [0.5, 0.6) is 0 Å². The van der Waals surface area contributed by atoms with Crippen LogP contribution < -0.4 is 10.6 Å². The number of tetrazole rings is 1. The number of amides is 2. The number of aromatic nitrogens is 4. The highest BCUT2D eigenvalue weighted by atomic mass is 79.9. The maximum atomic E-state index is 12.7. The molecule has 0 spiro atoms. The van der Waals surface area contributed by atoms with Gasteiger partial charge in [-0.25, -0.2) is 9.48 Å². The van der Waals surface area contributed by atoms with Gasteiger partial charge in [-0.3, -0.25) is 9.59 Å². The van der Waals surface area contributed by atoms with Gasteiger partial charge in [-0.2, -0.15) is 0 Å². The molecule has 2 saturated heterocycles. The third kappa shape index (κ3) is 7.08. The molecule has 0 radical (unpaired) electrons. The van der Waals surface area contributed by atoms with Gasteiger partial charge in [-0.1, -0.05) is 50.3 Å². The van der Waals surface area contributed by atoms with Crippen molar-refractivity contribution in [2.75, 3.05) is 18.6 Å². The molecule has 2 aliphatic carbocycles. The fourth-order valence-electron chi connectivity index (χ4n) is 5.89. The molecule has 15 heteroatoms. The Kier molecular flexibility index (Phi) is 10.9. The highest BCUT2D eigenvalue weighted by Crippen LogP contribution is 2.47. The number of nitrogens with zero attached hydrogens (tertiary/aromatic N) is 5. The van der Waals surface area contributed by atoms with Crippen LogP contribution in [-0.4, -0.2) is 94.7 Å². The molecule has 3 heterocycles. The van der Waals surface area contributed by atoms with Gasteiger partial charge < -0.3 is 25.4 Å². The zero-order valence-electron chi connectivity index (χ0n) is 22.4. The molecule has 0 bridgehead atoms. The van der Waals surface area contributed by atoms with E-state index in [0.717, 1.165) is 12.1 Å². The molecule has 2 aliphatic heterocycles. The monoisotopic (exact) mass is 647 g/mol. The number of hydrogen-bond acceptors (Lipinski definition) is 10. The molecule has 3 N–H and O–H groups in total. The predicted molar refractivity (Wildman–Crippen MR) is 152 cm³/mol. The number of thioether (sulfide) groups is 2. The van der Waals surface area contributed by atoms with Gasteiger partial charge in [0.2, 0.25) is 5.16 Å². The smallest absolute Gasteiger partial charge is 0.326 e. The van der Waals surface area contributed by atoms with E-state index < -0.39 is 33.8 Å². The Morgan fingerprint density at radius 2 is 1.77 bits per heavy atom. The number of hydrogen-bond donors (Lipinski definition) is 3. The van der Waals surface area contributed by atoms with Crippen LogP contribution in [-0.2, 0) is 21.4 Å². The molecule has 218 valence electrons. The number of ether oxygens (including phenoxy) is 1. The van der Waals surface area contributed by atoms with Crippen LogP contribution in [0.3, 0.4) is 0 Å². The maximum absolute atomic E-state index is 12.7. The third-order valence-corrected chi connectivity index (χ3v) is 10.8. The predicted octanol–water partition coefficient (Wildman–Crippen LogP) is 2.98. The highest BCUT2D eigenvalue weighted by molar-refractivity contribution is 9.18. The van der Waals surface area contributed by atoms with Gasteiger partial charge in [0.25, 0.3) is 16.4 Å². The van der Waals surface area contributed by atoms with Gasteiger partial charge in [0, 0.05) is 59.6 Å². The van der Waals surface area contributed by atoms with Crippen LogP contribution in [0.2, 0.25) is 0 Å². The lowest BCUT2D eigenvalue weighted by atomic mass is 9.91. The van der Waals surface area contributed by atoms with Crippen molar-refractivity contribution in [1.29, 1.82) is 0 Å². The third-order valence-electron chi connectivity index (χ3n) is 7.92. The highest BCUT2D eigenvalue weighted by Gasteiger charge is 2.68. The van der Waals surface area contributed by atoms with E-state index in [4.69, 9.17) is 4.74 Å². The number of carboxylic acids is 1. The Hall–Kier alpha value is -1.42. The second-order valence-corrected chi connectivity index (χ2v) is 13.3. The summed E-state index contributed by atoms with van der Waals surface area (Å²) in [5.74, 6) is -1.08. The molecule has 39 heavy (non-hydrogen) atoms. The lowest BCUT2D eigenvalue weighted by Gasteiger charge is -2.59. The molecule has 1 aromatic heterocycles. The molecule has 4 atom stereocenters. The van der Waals surface area contributed by atoms with E-state index in [2.05, 4.69) is 42.1 Å². The van der Waals surface area contributed by atoms with Crippen molar-refractivity contribution in [2.24, 2.45) is 13.0 Å². The molecule has 4 unspecified atom stereocenters. The van der Waals surface area contributed by atoms with E-state index in [1.165, 1.54) is 104 Å². The minimum atomic E-state index is -1.55. The molecule has 4 fully saturated rings. The first-order valence-electron chi connectivity index (χ1n) is 13.6. The summed E-state index contributed by atoms with van der Waals surface area (Å²) in [4.78, 5) is 36.6. The van der Waals surface area contributed by atoms with E-state index in [1.54, 1.807) is 7.05 Å². The van der Waals surface area contributed by atoms with Crippen LogP contribution in [0.25, 0.3) is 0 Å². The minimum absolute atomic E-state index is 0.311. The first-order chi connectivity index (χ1) is 18.8. The van der Waals surface area contributed by atoms with Crippen molar-refractivity contribution in [3.8, 4) is 0 Å². The van der Waals surface area contributed by atoms with E-state index in [9.17, 15) is 19.5 Å². The van der Waals surface area contributed by atoms with Crippen LogP contribution in [0, 0.1) is 5.92 Å². The van der Waals surface area contributed by atoms with E-state index in [-0.39, 0.29) is 5.92 Å². The summed E-state index contributed by atoms with van der Waals surface area (Å²) in [6, 6.07) is 0.728. The molecule has 5 rings (SSSR count). The minimum Gasteiger partial charge on any atom is -0.480 e. The average Bonchev–Trinajstić information content (AvgIpc) is 3.35. The average molecular weight is 649 g/mol. The number of carboxylic acid groups (broad SMARTS) is 1. The lowest BCUT2D eigenvalue weighted by molar-refractivity contribution is -0.202. The van der Waals surface area contributed by atoms with Gasteiger partial charge >= 0.3 is 5.97 Å². The van der Waals surface area contributed by atoms with Gasteiger partial charge in [0.15, 0.2) is 0 Å². The number of nitrogens with one attached hydrogen (secondary N) is 2. The number of methoxy groups -OCH3 is 1. The summed E-state index contributed by atoms with van der Waals surface area (Å²) in [5, 5.41) is 27.1. The standard InChI is InChI=1S/C12H15BrN6O5S2.C12H23N/c1-18-11(15-16-17-18)26-4-5-3-25-9-12(24-2,14-10(13)23)8(22)19(9)6(5)7(20)21;1-3-7-11(8-4-1)13-12-9-5-2-6-10-12/h5-6,9H,3-4H2,1-2H3,(H,14,23)(H,20,21);11-13H,1-10H2. The number of rotatable bonds is 8. The summed E-state index contributed by atoms with van der Waals surface area (Å²) >= 11 is 5.43. The largest absolute Gasteiger partial charge is 0.480 e. The molecule has 12 nitrogen and oxygen atoms in total. The fourth-order valence-corrected chi connectivity index (χ4v) is 8.93. The second kappa shape index (κ2) is 14.0. The Morgan fingerprint density at radius 1 is 1.15 bits per heavy atom. The molecular weight excluding hydrogens is 610 g/mol. The Balaban J connectivity index is 0.000000226. The first-order valence-corrected chi connectivity index (χ1v) is 16.4. The van der Waals surface area contributed by atoms with Crippen molar-refractivity contribution in [1.82, 2.24) is 35.7 Å². The summed E-state index contributed by atoms with van der Waals surface area (Å²) in [6.07, 6.45) is 14.6. The summed E-state index contributed by atoms with van der Waals surface area (Å²) in [5.41, 5.74) is -1.55. The SMILES string of the molecule is C1CCC(NC2CCCCC2)CC1.COC1(NC(=O)Br)C(=O)N2C(C(=O)O)C(CSc3nnnn3C)CSC21. The van der Waals surface area contributed by atoms with Gasteiger partial charge in [-0.15, -0.1) is 16.9 Å². The van der Waals surface area contributed by atoms with Crippen molar-refractivity contribution in [2.45, 2.75) is 98.6 Å². The quantitative estimate of drug-likeness (QED) is 0.126. The van der Waals surface area contributed by atoms with E-state index in [0.29, 0.717) is 16.7 Å². The molecule has 1 aromatic rings. The number of β-lactam (4-membered cyclic amide) rings is 1. The Labute approximate surface area is 245 Å². The zero-order valence-corrected chi connectivity index (χ0v) is 25.6. The lowest BCUT2D eigenvalue weighted by Crippen LogP contribution is -2.84. The molecule has 4 aliphatic rings. The van der Waals surface area contributed by atoms with Crippen LogP contribution >= 0.6 is 39.5 Å². The van der Waals surface area contributed by atoms with Crippen molar-refractivity contribution in [3.05, 3.63) is 0 Å². The van der Waals surface area contributed by atoms with Gasteiger partial charge in [0.1, 0.15) is 11.4 Å². The number of aliphatic carboxylic acids is 1.